The Kier molecular flexibility index (Phi) is 5.67. The van der Waals surface area contributed by atoms with Gasteiger partial charge in [-0.2, -0.15) is 0 Å². The van der Waals surface area contributed by atoms with Crippen molar-refractivity contribution in [1.82, 2.24) is 0 Å². The van der Waals surface area contributed by atoms with Crippen LogP contribution in [0.5, 0.6) is 11.5 Å². The van der Waals surface area contributed by atoms with E-state index in [2.05, 4.69) is 20.8 Å². The zero-order valence-electron chi connectivity index (χ0n) is 11.0. The fourth-order valence-electron chi connectivity index (χ4n) is 1.66. The summed E-state index contributed by atoms with van der Waals surface area (Å²) >= 11 is 0. The van der Waals surface area contributed by atoms with Gasteiger partial charge in [-0.3, -0.25) is 0 Å². The molecule has 0 fully saturated rings. The van der Waals surface area contributed by atoms with Crippen molar-refractivity contribution >= 4 is 5.69 Å². The lowest BCUT2D eigenvalue weighted by Crippen LogP contribution is -2.11. The van der Waals surface area contributed by atoms with Crippen molar-refractivity contribution in [2.75, 3.05) is 12.3 Å². The molecule has 1 aromatic rings. The third kappa shape index (κ3) is 4.98. The molecule has 0 spiro atoms. The van der Waals surface area contributed by atoms with Crippen LogP contribution in [0.4, 0.5) is 5.69 Å². The molecular formula is C14H23NO2. The average molecular weight is 237 g/mol. The number of nitrogens with two attached hydrogens (primary N) is 1. The first-order chi connectivity index (χ1) is 8.15. The molecule has 1 atom stereocenters. The van der Waals surface area contributed by atoms with E-state index in [0.29, 0.717) is 12.3 Å². The Bertz CT molecular complexity index is 339. The summed E-state index contributed by atoms with van der Waals surface area (Å²) in [5.74, 6) is 1.57. The standard InChI is InChI=1S/C14H23NO2/c1-4-6-11(3)17-14-9-12(15)8-13(10-14)16-7-5-2/h8-11H,4-7,15H2,1-3H3. The summed E-state index contributed by atoms with van der Waals surface area (Å²) in [5.41, 5.74) is 6.50. The fraction of sp³-hybridized carbons (Fsp3) is 0.571. The van der Waals surface area contributed by atoms with Crippen LogP contribution in [0.2, 0.25) is 0 Å². The maximum Gasteiger partial charge on any atom is 0.125 e. The van der Waals surface area contributed by atoms with Crippen LogP contribution in [0.15, 0.2) is 18.2 Å². The van der Waals surface area contributed by atoms with Gasteiger partial charge in [0.25, 0.3) is 0 Å². The van der Waals surface area contributed by atoms with Crippen LogP contribution in [0.1, 0.15) is 40.0 Å². The van der Waals surface area contributed by atoms with E-state index in [4.69, 9.17) is 15.2 Å². The van der Waals surface area contributed by atoms with Gasteiger partial charge in [0.2, 0.25) is 0 Å². The largest absolute Gasteiger partial charge is 0.493 e. The predicted molar refractivity (Wildman–Crippen MR) is 71.6 cm³/mol. The van der Waals surface area contributed by atoms with Gasteiger partial charge in [-0.05, 0) is 19.8 Å². The van der Waals surface area contributed by atoms with Crippen molar-refractivity contribution in [1.29, 1.82) is 0 Å². The molecule has 0 bridgehead atoms. The average Bonchev–Trinajstić information content (AvgIpc) is 2.25. The summed E-state index contributed by atoms with van der Waals surface area (Å²) in [5, 5.41) is 0. The second-order valence-corrected chi connectivity index (χ2v) is 4.30. The zero-order valence-corrected chi connectivity index (χ0v) is 11.0. The van der Waals surface area contributed by atoms with Crippen molar-refractivity contribution in [3.05, 3.63) is 18.2 Å². The number of ether oxygens (including phenoxy) is 2. The predicted octanol–water partition coefficient (Wildman–Crippen LogP) is 3.63. The highest BCUT2D eigenvalue weighted by Crippen LogP contribution is 2.25. The topological polar surface area (TPSA) is 44.5 Å². The first kappa shape index (κ1) is 13.7. The Morgan fingerprint density at radius 2 is 1.82 bits per heavy atom. The van der Waals surface area contributed by atoms with E-state index >= 15 is 0 Å². The monoisotopic (exact) mass is 237 g/mol. The number of anilines is 1. The molecule has 0 aromatic heterocycles. The number of hydrogen-bond donors (Lipinski definition) is 1. The Balaban J connectivity index is 2.67. The lowest BCUT2D eigenvalue weighted by Gasteiger charge is -2.15. The quantitative estimate of drug-likeness (QED) is 0.736. The number of benzene rings is 1. The number of rotatable bonds is 7. The minimum absolute atomic E-state index is 0.209. The Hall–Kier alpha value is -1.38. The molecule has 96 valence electrons. The van der Waals surface area contributed by atoms with Gasteiger partial charge in [0.05, 0.1) is 12.7 Å². The summed E-state index contributed by atoms with van der Waals surface area (Å²) < 4.78 is 11.4. The molecule has 0 amide bonds. The third-order valence-corrected chi connectivity index (χ3v) is 2.41. The zero-order chi connectivity index (χ0) is 12.7. The lowest BCUT2D eigenvalue weighted by molar-refractivity contribution is 0.208. The van der Waals surface area contributed by atoms with E-state index in [1.165, 1.54) is 0 Å². The summed E-state index contributed by atoms with van der Waals surface area (Å²) in [6.45, 7) is 6.99. The molecule has 1 rings (SSSR count). The molecule has 2 N–H and O–H groups in total. The molecule has 3 heteroatoms. The van der Waals surface area contributed by atoms with Crippen LogP contribution in [0.3, 0.4) is 0 Å². The molecule has 0 aliphatic rings. The molecule has 0 saturated heterocycles. The maximum absolute atomic E-state index is 5.82. The SMILES string of the molecule is CCCOc1cc(N)cc(OC(C)CCC)c1. The third-order valence-electron chi connectivity index (χ3n) is 2.41. The van der Waals surface area contributed by atoms with Crippen molar-refractivity contribution in [2.24, 2.45) is 0 Å². The van der Waals surface area contributed by atoms with Crippen molar-refractivity contribution in [3.63, 3.8) is 0 Å². The fourth-order valence-corrected chi connectivity index (χ4v) is 1.66. The van der Waals surface area contributed by atoms with Gasteiger partial charge in [-0.15, -0.1) is 0 Å². The van der Waals surface area contributed by atoms with Crippen LogP contribution in [-0.2, 0) is 0 Å². The maximum atomic E-state index is 5.82. The van der Waals surface area contributed by atoms with Crippen LogP contribution in [-0.4, -0.2) is 12.7 Å². The highest BCUT2D eigenvalue weighted by molar-refractivity contribution is 5.50. The van der Waals surface area contributed by atoms with Crippen molar-refractivity contribution in [3.8, 4) is 11.5 Å². The molecule has 0 heterocycles. The Morgan fingerprint density at radius 1 is 1.12 bits per heavy atom. The molecule has 1 aromatic carbocycles. The normalized spacial score (nSPS) is 12.2. The first-order valence-electron chi connectivity index (χ1n) is 6.35. The molecule has 0 aliphatic heterocycles. The van der Waals surface area contributed by atoms with E-state index < -0.39 is 0 Å². The molecule has 17 heavy (non-hydrogen) atoms. The molecule has 1 unspecified atom stereocenters. The molecule has 0 radical (unpaired) electrons. The van der Waals surface area contributed by atoms with Crippen molar-refractivity contribution < 1.29 is 9.47 Å². The lowest BCUT2D eigenvalue weighted by atomic mass is 10.2. The highest BCUT2D eigenvalue weighted by Gasteiger charge is 2.05. The van der Waals surface area contributed by atoms with Gasteiger partial charge in [-0.25, -0.2) is 0 Å². The van der Waals surface area contributed by atoms with E-state index in [1.54, 1.807) is 0 Å². The van der Waals surface area contributed by atoms with E-state index in [9.17, 15) is 0 Å². The van der Waals surface area contributed by atoms with Gasteiger partial charge < -0.3 is 15.2 Å². The molecule has 3 nitrogen and oxygen atoms in total. The van der Waals surface area contributed by atoms with E-state index in [-0.39, 0.29) is 6.10 Å². The second kappa shape index (κ2) is 7.05. The van der Waals surface area contributed by atoms with Crippen molar-refractivity contribution in [2.45, 2.75) is 46.1 Å². The highest BCUT2D eigenvalue weighted by atomic mass is 16.5. The minimum atomic E-state index is 0.209. The number of hydrogen-bond acceptors (Lipinski definition) is 3. The Labute approximate surface area is 104 Å². The van der Waals surface area contributed by atoms with Gasteiger partial charge in [0, 0.05) is 23.9 Å². The summed E-state index contributed by atoms with van der Waals surface area (Å²) in [6, 6.07) is 5.57. The summed E-state index contributed by atoms with van der Waals surface area (Å²) in [7, 11) is 0. The van der Waals surface area contributed by atoms with Crippen LogP contribution >= 0.6 is 0 Å². The van der Waals surface area contributed by atoms with Crippen LogP contribution < -0.4 is 15.2 Å². The summed E-state index contributed by atoms with van der Waals surface area (Å²) in [6.07, 6.45) is 3.35. The number of nitrogen functional groups attached to an aromatic ring is 1. The molecule has 0 aliphatic carbocycles. The van der Waals surface area contributed by atoms with Gasteiger partial charge in [-0.1, -0.05) is 20.3 Å². The van der Waals surface area contributed by atoms with Gasteiger partial charge >= 0.3 is 0 Å². The van der Waals surface area contributed by atoms with E-state index in [1.807, 2.05) is 18.2 Å². The molecular weight excluding hydrogens is 214 g/mol. The van der Waals surface area contributed by atoms with Crippen LogP contribution in [0.25, 0.3) is 0 Å². The molecule has 0 saturated carbocycles. The van der Waals surface area contributed by atoms with Gasteiger partial charge in [0.15, 0.2) is 0 Å². The Morgan fingerprint density at radius 3 is 2.47 bits per heavy atom. The van der Waals surface area contributed by atoms with Crippen LogP contribution in [0, 0.1) is 0 Å². The second-order valence-electron chi connectivity index (χ2n) is 4.30. The first-order valence-corrected chi connectivity index (χ1v) is 6.35. The summed E-state index contributed by atoms with van der Waals surface area (Å²) in [4.78, 5) is 0. The smallest absolute Gasteiger partial charge is 0.125 e. The minimum Gasteiger partial charge on any atom is -0.493 e. The van der Waals surface area contributed by atoms with E-state index in [0.717, 1.165) is 30.8 Å². The van der Waals surface area contributed by atoms with Gasteiger partial charge in [0.1, 0.15) is 11.5 Å².